The Kier molecular flexibility index (Phi) is 4.63. The van der Waals surface area contributed by atoms with Gasteiger partial charge in [0.25, 0.3) is 5.91 Å². The van der Waals surface area contributed by atoms with Crippen molar-refractivity contribution in [2.24, 2.45) is 0 Å². The number of amides is 1. The fourth-order valence-corrected chi connectivity index (χ4v) is 1.99. The fourth-order valence-electron chi connectivity index (χ4n) is 1.99. The molecule has 0 saturated heterocycles. The Balaban J connectivity index is 1.99. The summed E-state index contributed by atoms with van der Waals surface area (Å²) in [5.74, 6) is 1.34. The molecule has 2 N–H and O–H groups in total. The van der Waals surface area contributed by atoms with E-state index in [-0.39, 0.29) is 18.6 Å². The quantitative estimate of drug-likeness (QED) is 0.811. The molecule has 19 heavy (non-hydrogen) atoms. The third kappa shape index (κ3) is 3.38. The molecule has 2 rings (SSSR count). The van der Waals surface area contributed by atoms with Crippen LogP contribution in [0.3, 0.4) is 0 Å². The molecular formula is C14H20N2O3. The molecule has 1 heterocycles. The van der Waals surface area contributed by atoms with Gasteiger partial charge in [0.2, 0.25) is 0 Å². The molecule has 1 aliphatic rings. The van der Waals surface area contributed by atoms with E-state index < -0.39 is 0 Å². The summed E-state index contributed by atoms with van der Waals surface area (Å²) in [5.41, 5.74) is 1.15. The molecule has 0 aromatic heterocycles. The van der Waals surface area contributed by atoms with Crippen molar-refractivity contribution in [2.45, 2.75) is 19.4 Å². The number of fused-ring (bicyclic) bond motifs is 1. The van der Waals surface area contributed by atoms with Crippen molar-refractivity contribution in [3.05, 3.63) is 23.8 Å². The van der Waals surface area contributed by atoms with Crippen molar-refractivity contribution < 1.29 is 14.3 Å². The van der Waals surface area contributed by atoms with Crippen molar-refractivity contribution in [3.63, 3.8) is 0 Å². The van der Waals surface area contributed by atoms with Crippen LogP contribution in [0.15, 0.2) is 18.2 Å². The minimum atomic E-state index is -0.149. The highest BCUT2D eigenvalue weighted by atomic mass is 16.5. The predicted molar refractivity (Wildman–Crippen MR) is 72.5 cm³/mol. The van der Waals surface area contributed by atoms with Gasteiger partial charge in [0.05, 0.1) is 6.04 Å². The molecule has 1 amide bonds. The molecule has 0 radical (unpaired) electrons. The highest BCUT2D eigenvalue weighted by molar-refractivity contribution is 5.77. The molecule has 0 bridgehead atoms. The molecule has 5 nitrogen and oxygen atoms in total. The van der Waals surface area contributed by atoms with Crippen molar-refractivity contribution in [3.8, 4) is 11.5 Å². The van der Waals surface area contributed by atoms with Crippen LogP contribution >= 0.6 is 0 Å². The maximum Gasteiger partial charge on any atom is 0.257 e. The first-order valence-corrected chi connectivity index (χ1v) is 6.58. The summed E-state index contributed by atoms with van der Waals surface area (Å²) in [6, 6.07) is 5.96. The Morgan fingerprint density at radius 2 is 2.37 bits per heavy atom. The molecule has 0 fully saturated rings. The topological polar surface area (TPSA) is 59.6 Å². The van der Waals surface area contributed by atoms with Crippen LogP contribution < -0.4 is 20.1 Å². The van der Waals surface area contributed by atoms with Crippen molar-refractivity contribution in [1.29, 1.82) is 0 Å². The number of ether oxygens (including phenoxy) is 2. The standard InChI is InChI=1S/C14H20N2O3/c1-3-6-16-12-8-19-13-7-10(4-5-11(12)13)18-9-14(17)15-2/h4-5,7,12,16H,3,6,8-9H2,1-2H3,(H,15,17). The highest BCUT2D eigenvalue weighted by Gasteiger charge is 2.23. The predicted octanol–water partition coefficient (Wildman–Crippen LogP) is 1.24. The van der Waals surface area contributed by atoms with Gasteiger partial charge in [0, 0.05) is 18.7 Å². The van der Waals surface area contributed by atoms with Gasteiger partial charge < -0.3 is 20.1 Å². The highest BCUT2D eigenvalue weighted by Crippen LogP contribution is 2.35. The maximum absolute atomic E-state index is 11.1. The lowest BCUT2D eigenvalue weighted by molar-refractivity contribution is -0.122. The van der Waals surface area contributed by atoms with Crippen LogP contribution in [-0.2, 0) is 4.79 Å². The zero-order valence-electron chi connectivity index (χ0n) is 11.4. The van der Waals surface area contributed by atoms with E-state index in [9.17, 15) is 4.79 Å². The maximum atomic E-state index is 11.1. The Morgan fingerprint density at radius 3 is 3.11 bits per heavy atom. The van der Waals surface area contributed by atoms with Gasteiger partial charge in [0.1, 0.15) is 18.1 Å². The minimum Gasteiger partial charge on any atom is -0.491 e. The second-order valence-corrected chi connectivity index (χ2v) is 4.48. The van der Waals surface area contributed by atoms with Gasteiger partial charge in [-0.05, 0) is 25.1 Å². The number of rotatable bonds is 6. The van der Waals surface area contributed by atoms with Gasteiger partial charge in [-0.25, -0.2) is 0 Å². The number of likely N-dealkylation sites (N-methyl/N-ethyl adjacent to an activating group) is 1. The summed E-state index contributed by atoms with van der Waals surface area (Å²) in [6.07, 6.45) is 1.10. The van der Waals surface area contributed by atoms with E-state index in [2.05, 4.69) is 17.6 Å². The normalized spacial score (nSPS) is 16.6. The molecule has 0 aliphatic carbocycles. The van der Waals surface area contributed by atoms with Crippen LogP contribution in [0.5, 0.6) is 11.5 Å². The van der Waals surface area contributed by atoms with Gasteiger partial charge in [-0.1, -0.05) is 6.92 Å². The van der Waals surface area contributed by atoms with Crippen LogP contribution in [0.2, 0.25) is 0 Å². The van der Waals surface area contributed by atoms with Crippen LogP contribution in [-0.4, -0.2) is 32.7 Å². The second kappa shape index (κ2) is 6.43. The van der Waals surface area contributed by atoms with Gasteiger partial charge in [0.15, 0.2) is 6.61 Å². The minimum absolute atomic E-state index is 0.0206. The first-order chi connectivity index (χ1) is 9.24. The number of nitrogens with one attached hydrogen (secondary N) is 2. The number of hydrogen-bond acceptors (Lipinski definition) is 4. The largest absolute Gasteiger partial charge is 0.491 e. The number of carbonyl (C=O) groups excluding carboxylic acids is 1. The molecule has 1 aliphatic heterocycles. The number of hydrogen-bond donors (Lipinski definition) is 2. The van der Waals surface area contributed by atoms with E-state index >= 15 is 0 Å². The first kappa shape index (κ1) is 13.7. The molecular weight excluding hydrogens is 244 g/mol. The average Bonchev–Trinajstić information content (AvgIpc) is 2.84. The van der Waals surface area contributed by atoms with Crippen molar-refractivity contribution >= 4 is 5.91 Å². The summed E-state index contributed by atoms with van der Waals surface area (Å²) in [4.78, 5) is 11.1. The van der Waals surface area contributed by atoms with Crippen LogP contribution in [0.4, 0.5) is 0 Å². The molecule has 104 valence electrons. The fraction of sp³-hybridized carbons (Fsp3) is 0.500. The number of benzene rings is 1. The van der Waals surface area contributed by atoms with E-state index in [1.807, 2.05) is 18.2 Å². The summed E-state index contributed by atoms with van der Waals surface area (Å²) in [7, 11) is 1.58. The van der Waals surface area contributed by atoms with E-state index in [4.69, 9.17) is 9.47 Å². The van der Waals surface area contributed by atoms with E-state index in [1.165, 1.54) is 0 Å². The van der Waals surface area contributed by atoms with Crippen LogP contribution in [0.1, 0.15) is 24.9 Å². The third-order valence-electron chi connectivity index (χ3n) is 3.06. The van der Waals surface area contributed by atoms with Gasteiger partial charge in [-0.3, -0.25) is 4.79 Å². The third-order valence-corrected chi connectivity index (χ3v) is 3.06. The monoisotopic (exact) mass is 264 g/mol. The van der Waals surface area contributed by atoms with Crippen LogP contribution in [0, 0.1) is 0 Å². The lowest BCUT2D eigenvalue weighted by Gasteiger charge is -2.10. The molecule has 5 heteroatoms. The zero-order valence-corrected chi connectivity index (χ0v) is 11.4. The Labute approximate surface area is 113 Å². The van der Waals surface area contributed by atoms with Crippen LogP contribution in [0.25, 0.3) is 0 Å². The molecule has 0 saturated carbocycles. The summed E-state index contributed by atoms with van der Waals surface area (Å²) in [5, 5.41) is 5.95. The zero-order chi connectivity index (χ0) is 13.7. The molecule has 1 atom stereocenters. The van der Waals surface area contributed by atoms with Gasteiger partial charge >= 0.3 is 0 Å². The summed E-state index contributed by atoms with van der Waals surface area (Å²) >= 11 is 0. The molecule has 1 unspecified atom stereocenters. The smallest absolute Gasteiger partial charge is 0.257 e. The molecule has 1 aromatic carbocycles. The molecule has 1 aromatic rings. The number of carbonyl (C=O) groups is 1. The van der Waals surface area contributed by atoms with E-state index in [0.29, 0.717) is 12.4 Å². The average molecular weight is 264 g/mol. The lowest BCUT2D eigenvalue weighted by Crippen LogP contribution is -2.24. The SMILES string of the molecule is CCCNC1COc2cc(OCC(=O)NC)ccc21. The first-order valence-electron chi connectivity index (χ1n) is 6.58. The van der Waals surface area contributed by atoms with E-state index in [0.717, 1.165) is 24.3 Å². The Morgan fingerprint density at radius 1 is 1.53 bits per heavy atom. The molecule has 0 spiro atoms. The van der Waals surface area contributed by atoms with E-state index in [1.54, 1.807) is 7.05 Å². The Hall–Kier alpha value is -1.75. The van der Waals surface area contributed by atoms with Gasteiger partial charge in [-0.15, -0.1) is 0 Å². The van der Waals surface area contributed by atoms with Crippen molar-refractivity contribution in [1.82, 2.24) is 10.6 Å². The summed E-state index contributed by atoms with van der Waals surface area (Å²) < 4.78 is 11.0. The lowest BCUT2D eigenvalue weighted by atomic mass is 10.1. The van der Waals surface area contributed by atoms with Gasteiger partial charge in [-0.2, -0.15) is 0 Å². The Bertz CT molecular complexity index is 448. The van der Waals surface area contributed by atoms with Crippen molar-refractivity contribution in [2.75, 3.05) is 26.8 Å². The second-order valence-electron chi connectivity index (χ2n) is 4.48. The summed E-state index contributed by atoms with van der Waals surface area (Å²) in [6.45, 7) is 3.78.